The molecule has 0 spiro atoms. The Labute approximate surface area is 151 Å². The second-order valence-electron chi connectivity index (χ2n) is 6.04. The summed E-state index contributed by atoms with van der Waals surface area (Å²) in [5, 5.41) is 9.36. The first-order valence-corrected chi connectivity index (χ1v) is 8.32. The molecule has 1 aliphatic rings. The van der Waals surface area contributed by atoms with Crippen molar-refractivity contribution in [2.24, 2.45) is 5.73 Å². The van der Waals surface area contributed by atoms with Gasteiger partial charge in [-0.1, -0.05) is 18.2 Å². The van der Waals surface area contributed by atoms with Gasteiger partial charge in [0.2, 0.25) is 5.91 Å². The Kier molecular flexibility index (Phi) is 5.22. The van der Waals surface area contributed by atoms with Crippen molar-refractivity contribution in [3.05, 3.63) is 65.7 Å². The van der Waals surface area contributed by atoms with E-state index in [9.17, 15) is 14.7 Å². The van der Waals surface area contributed by atoms with Crippen LogP contribution < -0.4 is 10.5 Å². The number of carbonyl (C=O) groups is 2. The van der Waals surface area contributed by atoms with Gasteiger partial charge >= 0.3 is 0 Å². The monoisotopic (exact) mass is 352 g/mol. The third-order valence-corrected chi connectivity index (χ3v) is 4.30. The normalized spacial score (nSPS) is 13.8. The molecule has 0 aromatic heterocycles. The minimum absolute atomic E-state index is 0.0572. The number of carbonyl (C=O) groups excluding carboxylic acids is 2. The van der Waals surface area contributed by atoms with Crippen molar-refractivity contribution in [2.75, 3.05) is 19.7 Å². The molecule has 0 unspecified atom stereocenters. The van der Waals surface area contributed by atoms with Gasteiger partial charge in [-0.05, 0) is 54.0 Å². The molecule has 6 heteroatoms. The number of hydrogen-bond donors (Lipinski definition) is 2. The molecular formula is C20H20N2O4. The Hall–Kier alpha value is -3.28. The molecule has 2 amide bonds. The van der Waals surface area contributed by atoms with Gasteiger partial charge in [-0.25, -0.2) is 0 Å². The molecule has 0 fully saturated rings. The van der Waals surface area contributed by atoms with Gasteiger partial charge in [-0.2, -0.15) is 0 Å². The highest BCUT2D eigenvalue weighted by molar-refractivity contribution is 5.92. The van der Waals surface area contributed by atoms with Crippen LogP contribution in [0.25, 0.3) is 5.57 Å². The van der Waals surface area contributed by atoms with Crippen molar-refractivity contribution >= 4 is 17.4 Å². The van der Waals surface area contributed by atoms with Crippen LogP contribution in [0.4, 0.5) is 0 Å². The lowest BCUT2D eigenvalue weighted by molar-refractivity contribution is -0.132. The van der Waals surface area contributed by atoms with E-state index >= 15 is 0 Å². The molecule has 134 valence electrons. The molecule has 0 saturated heterocycles. The summed E-state index contributed by atoms with van der Waals surface area (Å²) in [5.41, 5.74) is 7.80. The minimum Gasteiger partial charge on any atom is -0.508 e. The number of rotatable bonds is 5. The molecule has 3 N–H and O–H groups in total. The van der Waals surface area contributed by atoms with Crippen LogP contribution in [0.1, 0.15) is 22.3 Å². The Morgan fingerprint density at radius 1 is 1.08 bits per heavy atom. The van der Waals surface area contributed by atoms with Crippen LogP contribution in [0.5, 0.6) is 11.5 Å². The van der Waals surface area contributed by atoms with E-state index in [1.54, 1.807) is 41.3 Å². The number of ether oxygens (including phenoxy) is 1. The van der Waals surface area contributed by atoms with Crippen molar-refractivity contribution in [3.63, 3.8) is 0 Å². The maximum absolute atomic E-state index is 12.3. The van der Waals surface area contributed by atoms with Crippen molar-refractivity contribution in [2.45, 2.75) is 6.42 Å². The van der Waals surface area contributed by atoms with E-state index in [1.165, 1.54) is 0 Å². The zero-order valence-electron chi connectivity index (χ0n) is 14.2. The molecule has 0 radical (unpaired) electrons. The maximum Gasteiger partial charge on any atom is 0.260 e. The lowest BCUT2D eigenvalue weighted by Crippen LogP contribution is -2.37. The standard InChI is InChI=1S/C20H20N2O4/c21-20(25)16-3-7-18(8-4-16)26-13-19(24)22-11-9-15(10-12-22)14-1-5-17(23)6-2-14/h1-9,23H,10-13H2,(H2,21,25). The number of aromatic hydroxyl groups is 1. The second kappa shape index (κ2) is 7.74. The number of amides is 2. The predicted octanol–water partition coefficient (Wildman–Crippen LogP) is 2.19. The van der Waals surface area contributed by atoms with Gasteiger partial charge in [0, 0.05) is 18.7 Å². The van der Waals surface area contributed by atoms with Gasteiger partial charge in [0.15, 0.2) is 6.61 Å². The predicted molar refractivity (Wildman–Crippen MR) is 97.7 cm³/mol. The Morgan fingerprint density at radius 3 is 2.35 bits per heavy atom. The van der Waals surface area contributed by atoms with Crippen molar-refractivity contribution < 1.29 is 19.4 Å². The number of phenolic OH excluding ortho intramolecular Hbond substituents is 1. The molecular weight excluding hydrogens is 332 g/mol. The van der Waals surface area contributed by atoms with Crippen molar-refractivity contribution in [1.82, 2.24) is 4.90 Å². The lowest BCUT2D eigenvalue weighted by atomic mass is 9.99. The molecule has 3 rings (SSSR count). The average Bonchev–Trinajstić information content (AvgIpc) is 2.67. The van der Waals surface area contributed by atoms with Crippen LogP contribution >= 0.6 is 0 Å². The van der Waals surface area contributed by atoms with Crippen LogP contribution in [0.2, 0.25) is 0 Å². The first-order chi connectivity index (χ1) is 12.5. The van der Waals surface area contributed by atoms with E-state index in [4.69, 9.17) is 10.5 Å². The number of benzene rings is 2. The lowest BCUT2D eigenvalue weighted by Gasteiger charge is -2.26. The number of primary amides is 1. The van der Waals surface area contributed by atoms with Gasteiger partial charge in [0.05, 0.1) is 0 Å². The summed E-state index contributed by atoms with van der Waals surface area (Å²) in [6.45, 7) is 1.09. The third-order valence-electron chi connectivity index (χ3n) is 4.30. The van der Waals surface area contributed by atoms with Crippen molar-refractivity contribution in [3.8, 4) is 11.5 Å². The molecule has 1 heterocycles. The molecule has 6 nitrogen and oxygen atoms in total. The summed E-state index contributed by atoms with van der Waals surface area (Å²) in [6, 6.07) is 13.4. The molecule has 0 saturated carbocycles. The molecule has 0 atom stereocenters. The Morgan fingerprint density at radius 2 is 1.77 bits per heavy atom. The molecule has 2 aromatic rings. The maximum atomic E-state index is 12.3. The Bertz CT molecular complexity index is 826. The van der Waals surface area contributed by atoms with Gasteiger partial charge in [-0.15, -0.1) is 0 Å². The van der Waals surface area contributed by atoms with Crippen LogP contribution in [0.3, 0.4) is 0 Å². The van der Waals surface area contributed by atoms with E-state index in [0.29, 0.717) is 24.4 Å². The summed E-state index contributed by atoms with van der Waals surface area (Å²) >= 11 is 0. The van der Waals surface area contributed by atoms with E-state index in [-0.39, 0.29) is 18.3 Å². The van der Waals surface area contributed by atoms with Gasteiger partial charge in [0.25, 0.3) is 5.91 Å². The minimum atomic E-state index is -0.503. The largest absolute Gasteiger partial charge is 0.508 e. The van der Waals surface area contributed by atoms with E-state index in [0.717, 1.165) is 17.6 Å². The van der Waals surface area contributed by atoms with Crippen LogP contribution in [-0.2, 0) is 4.79 Å². The first-order valence-electron chi connectivity index (χ1n) is 8.32. The van der Waals surface area contributed by atoms with Crippen molar-refractivity contribution in [1.29, 1.82) is 0 Å². The van der Waals surface area contributed by atoms with Gasteiger partial charge in [-0.3, -0.25) is 9.59 Å². The average molecular weight is 352 g/mol. The SMILES string of the molecule is NC(=O)c1ccc(OCC(=O)N2CC=C(c3ccc(O)cc3)CC2)cc1. The summed E-state index contributed by atoms with van der Waals surface area (Å²) in [5.74, 6) is 0.158. The molecule has 2 aromatic carbocycles. The quantitative estimate of drug-likeness (QED) is 0.863. The molecule has 1 aliphatic heterocycles. The second-order valence-corrected chi connectivity index (χ2v) is 6.04. The molecule has 26 heavy (non-hydrogen) atoms. The number of nitrogens with zero attached hydrogens (tertiary/aromatic N) is 1. The van der Waals surface area contributed by atoms with Crippen LogP contribution in [0.15, 0.2) is 54.6 Å². The fraction of sp³-hybridized carbons (Fsp3) is 0.200. The fourth-order valence-corrected chi connectivity index (χ4v) is 2.79. The third kappa shape index (κ3) is 4.22. The molecule has 0 aliphatic carbocycles. The fourth-order valence-electron chi connectivity index (χ4n) is 2.79. The zero-order valence-corrected chi connectivity index (χ0v) is 14.2. The summed E-state index contributed by atoms with van der Waals surface area (Å²) in [6.07, 6.45) is 2.78. The summed E-state index contributed by atoms with van der Waals surface area (Å²) < 4.78 is 5.49. The first kappa shape index (κ1) is 17.5. The van der Waals surface area contributed by atoms with Gasteiger partial charge in [0.1, 0.15) is 11.5 Å². The van der Waals surface area contributed by atoms with Gasteiger partial charge < -0.3 is 20.5 Å². The number of nitrogens with two attached hydrogens (primary N) is 1. The summed E-state index contributed by atoms with van der Waals surface area (Å²) in [7, 11) is 0. The zero-order chi connectivity index (χ0) is 18.5. The topological polar surface area (TPSA) is 92.9 Å². The highest BCUT2D eigenvalue weighted by atomic mass is 16.5. The highest BCUT2D eigenvalue weighted by Gasteiger charge is 2.18. The molecule has 0 bridgehead atoms. The highest BCUT2D eigenvalue weighted by Crippen LogP contribution is 2.24. The number of phenols is 1. The smallest absolute Gasteiger partial charge is 0.260 e. The van der Waals surface area contributed by atoms with E-state index < -0.39 is 5.91 Å². The van der Waals surface area contributed by atoms with Crippen LogP contribution in [0, 0.1) is 0 Å². The Balaban J connectivity index is 1.53. The van der Waals surface area contributed by atoms with E-state index in [1.807, 2.05) is 18.2 Å². The van der Waals surface area contributed by atoms with E-state index in [2.05, 4.69) is 0 Å². The number of hydrogen-bond acceptors (Lipinski definition) is 4. The van der Waals surface area contributed by atoms with Crippen LogP contribution in [-0.4, -0.2) is 41.5 Å². The summed E-state index contributed by atoms with van der Waals surface area (Å²) in [4.78, 5) is 25.1.